The van der Waals surface area contributed by atoms with Gasteiger partial charge in [0.1, 0.15) is 0 Å². The van der Waals surface area contributed by atoms with Gasteiger partial charge >= 0.3 is 6.18 Å². The number of nitrogens with zero attached hydrogens (tertiary/aromatic N) is 3. The number of nitrogens with one attached hydrogen (secondary N) is 1. The van der Waals surface area contributed by atoms with Crippen molar-refractivity contribution in [3.63, 3.8) is 0 Å². The third kappa shape index (κ3) is 5.95. The second-order valence-corrected chi connectivity index (χ2v) is 6.64. The van der Waals surface area contributed by atoms with Crippen LogP contribution in [-0.2, 0) is 17.5 Å². The van der Waals surface area contributed by atoms with Crippen molar-refractivity contribution in [1.82, 2.24) is 15.1 Å². The van der Waals surface area contributed by atoms with Crippen molar-refractivity contribution in [1.29, 1.82) is 0 Å². The Bertz CT molecular complexity index is 635. The number of hydrogen-bond donors (Lipinski definition) is 1. The minimum absolute atomic E-state index is 0. The van der Waals surface area contributed by atoms with Crippen molar-refractivity contribution in [2.24, 2.45) is 4.99 Å². The number of aliphatic imine (C=N–C) groups is 1. The normalized spacial score (nSPS) is 21.9. The Hall–Kier alpha value is -1.07. The molecule has 5 nitrogen and oxygen atoms in total. The zero-order chi connectivity index (χ0) is 18.6. The molecule has 1 unspecified atom stereocenters. The Kier molecular flexibility index (Phi) is 8.17. The van der Waals surface area contributed by atoms with E-state index in [1.807, 2.05) is 0 Å². The van der Waals surface area contributed by atoms with Crippen LogP contribution < -0.4 is 5.32 Å². The molecule has 0 aliphatic carbocycles. The van der Waals surface area contributed by atoms with E-state index in [1.165, 1.54) is 12.1 Å². The quantitative estimate of drug-likeness (QED) is 0.396. The van der Waals surface area contributed by atoms with Gasteiger partial charge in [-0.2, -0.15) is 13.2 Å². The number of hydrogen-bond acceptors (Lipinski definition) is 3. The molecule has 0 aromatic heterocycles. The summed E-state index contributed by atoms with van der Waals surface area (Å²) in [5.41, 5.74) is -0.0368. The molecule has 2 fully saturated rings. The van der Waals surface area contributed by atoms with Crippen molar-refractivity contribution in [2.45, 2.75) is 25.2 Å². The molecule has 0 spiro atoms. The van der Waals surface area contributed by atoms with Crippen LogP contribution in [0.3, 0.4) is 0 Å². The van der Waals surface area contributed by atoms with E-state index in [2.05, 4.69) is 20.1 Å². The zero-order valence-corrected chi connectivity index (χ0v) is 17.7. The Morgan fingerprint density at radius 3 is 2.67 bits per heavy atom. The Labute approximate surface area is 175 Å². The van der Waals surface area contributed by atoms with E-state index in [1.54, 1.807) is 13.1 Å². The summed E-state index contributed by atoms with van der Waals surface area (Å²) in [5, 5.41) is 3.20. The van der Waals surface area contributed by atoms with E-state index in [-0.39, 0.29) is 24.0 Å². The van der Waals surface area contributed by atoms with Crippen LogP contribution in [0.2, 0.25) is 0 Å². The fraction of sp³-hybridized carbons (Fsp3) is 0.611. The van der Waals surface area contributed by atoms with Crippen LogP contribution >= 0.6 is 24.0 Å². The molecular formula is C18H26F3IN4O. The van der Waals surface area contributed by atoms with Crippen LogP contribution in [0.1, 0.15) is 17.5 Å². The summed E-state index contributed by atoms with van der Waals surface area (Å²) in [5.74, 6) is 0.734. The average Bonchev–Trinajstić information content (AvgIpc) is 3.13. The summed E-state index contributed by atoms with van der Waals surface area (Å²) in [6.45, 7) is 5.55. The van der Waals surface area contributed by atoms with Crippen molar-refractivity contribution in [3.8, 4) is 0 Å². The van der Waals surface area contributed by atoms with E-state index in [0.29, 0.717) is 18.2 Å². The number of guanidine groups is 1. The fourth-order valence-corrected chi connectivity index (χ4v) is 3.55. The molecule has 1 atom stereocenters. The van der Waals surface area contributed by atoms with Crippen LogP contribution in [0, 0.1) is 0 Å². The van der Waals surface area contributed by atoms with Gasteiger partial charge in [-0.05, 0) is 24.1 Å². The topological polar surface area (TPSA) is 40.1 Å². The second kappa shape index (κ2) is 9.92. The predicted molar refractivity (Wildman–Crippen MR) is 109 cm³/mol. The summed E-state index contributed by atoms with van der Waals surface area (Å²) < 4.78 is 43.9. The lowest BCUT2D eigenvalue weighted by Crippen LogP contribution is -2.46. The van der Waals surface area contributed by atoms with Gasteiger partial charge < -0.3 is 15.0 Å². The SMILES string of the molecule is CN=C(NCc1cccc(C(F)(F)F)c1)N1CCC(N2CCOCC2)C1.I. The van der Waals surface area contributed by atoms with Crippen LogP contribution in [0.25, 0.3) is 0 Å². The minimum atomic E-state index is -4.32. The highest BCUT2D eigenvalue weighted by Crippen LogP contribution is 2.29. The highest BCUT2D eigenvalue weighted by Gasteiger charge is 2.31. The van der Waals surface area contributed by atoms with E-state index in [4.69, 9.17) is 4.74 Å². The van der Waals surface area contributed by atoms with Gasteiger partial charge in [-0.25, -0.2) is 0 Å². The summed E-state index contributed by atoms with van der Waals surface area (Å²) in [7, 11) is 1.70. The molecule has 0 saturated carbocycles. The third-order valence-corrected chi connectivity index (χ3v) is 4.94. The van der Waals surface area contributed by atoms with Gasteiger partial charge in [0, 0.05) is 45.8 Å². The number of halogens is 4. The number of likely N-dealkylation sites (tertiary alicyclic amines) is 1. The first-order chi connectivity index (χ1) is 12.5. The maximum Gasteiger partial charge on any atom is 0.416 e. The summed E-state index contributed by atoms with van der Waals surface area (Å²) >= 11 is 0. The first-order valence-electron chi connectivity index (χ1n) is 8.91. The third-order valence-electron chi connectivity index (χ3n) is 4.94. The molecule has 2 aliphatic rings. The second-order valence-electron chi connectivity index (χ2n) is 6.64. The first kappa shape index (κ1) is 22.2. The number of morpholine rings is 1. The predicted octanol–water partition coefficient (Wildman–Crippen LogP) is 2.81. The standard InChI is InChI=1S/C18H25F3N4O.HI/c1-22-17(23-12-14-3-2-4-15(11-14)18(19,20)21)25-6-5-16(13-25)24-7-9-26-10-8-24;/h2-4,11,16H,5-10,12-13H2,1H3,(H,22,23);1H. The van der Waals surface area contributed by atoms with Crippen molar-refractivity contribution >= 4 is 29.9 Å². The van der Waals surface area contributed by atoms with E-state index < -0.39 is 11.7 Å². The molecule has 2 heterocycles. The lowest BCUT2D eigenvalue weighted by Gasteiger charge is -2.32. The van der Waals surface area contributed by atoms with Crippen molar-refractivity contribution < 1.29 is 17.9 Å². The molecule has 1 aromatic rings. The van der Waals surface area contributed by atoms with E-state index in [9.17, 15) is 13.2 Å². The number of benzene rings is 1. The monoisotopic (exact) mass is 498 g/mol. The van der Waals surface area contributed by atoms with Gasteiger partial charge in [0.15, 0.2) is 5.96 Å². The highest BCUT2D eigenvalue weighted by molar-refractivity contribution is 14.0. The van der Waals surface area contributed by atoms with Gasteiger partial charge in [-0.1, -0.05) is 12.1 Å². The Morgan fingerprint density at radius 2 is 2.00 bits per heavy atom. The maximum atomic E-state index is 12.8. The molecule has 3 rings (SSSR count). The van der Waals surface area contributed by atoms with Gasteiger partial charge in [0.25, 0.3) is 0 Å². The number of alkyl halides is 3. The zero-order valence-electron chi connectivity index (χ0n) is 15.3. The Balaban J connectivity index is 0.00000261. The molecule has 1 aromatic carbocycles. The largest absolute Gasteiger partial charge is 0.416 e. The van der Waals surface area contributed by atoms with Crippen molar-refractivity contribution in [3.05, 3.63) is 35.4 Å². The number of rotatable bonds is 3. The van der Waals surface area contributed by atoms with E-state index >= 15 is 0 Å². The molecule has 0 amide bonds. The van der Waals surface area contributed by atoms with Gasteiger partial charge in [-0.15, -0.1) is 24.0 Å². The summed E-state index contributed by atoms with van der Waals surface area (Å²) in [4.78, 5) is 8.92. The van der Waals surface area contributed by atoms with Gasteiger partial charge in [0.2, 0.25) is 0 Å². The van der Waals surface area contributed by atoms with Crippen molar-refractivity contribution in [2.75, 3.05) is 46.4 Å². The van der Waals surface area contributed by atoms with Gasteiger partial charge in [-0.3, -0.25) is 9.89 Å². The molecular weight excluding hydrogens is 472 g/mol. The lowest BCUT2D eigenvalue weighted by atomic mass is 10.1. The van der Waals surface area contributed by atoms with Crippen LogP contribution in [0.15, 0.2) is 29.3 Å². The highest BCUT2D eigenvalue weighted by atomic mass is 127. The molecule has 1 N–H and O–H groups in total. The average molecular weight is 498 g/mol. The first-order valence-corrected chi connectivity index (χ1v) is 8.91. The molecule has 2 saturated heterocycles. The number of ether oxygens (including phenoxy) is 1. The molecule has 152 valence electrons. The fourth-order valence-electron chi connectivity index (χ4n) is 3.55. The minimum Gasteiger partial charge on any atom is -0.379 e. The molecule has 27 heavy (non-hydrogen) atoms. The summed E-state index contributed by atoms with van der Waals surface area (Å²) in [6, 6.07) is 5.88. The summed E-state index contributed by atoms with van der Waals surface area (Å²) in [6.07, 6.45) is -3.26. The smallest absolute Gasteiger partial charge is 0.379 e. The Morgan fingerprint density at radius 1 is 1.26 bits per heavy atom. The lowest BCUT2D eigenvalue weighted by molar-refractivity contribution is -0.137. The van der Waals surface area contributed by atoms with Crippen LogP contribution in [0.4, 0.5) is 13.2 Å². The van der Waals surface area contributed by atoms with Gasteiger partial charge in [0.05, 0.1) is 18.8 Å². The van der Waals surface area contributed by atoms with Crippen LogP contribution in [0.5, 0.6) is 0 Å². The molecule has 0 bridgehead atoms. The maximum absolute atomic E-state index is 12.8. The molecule has 2 aliphatic heterocycles. The molecule has 9 heteroatoms. The van der Waals surface area contributed by atoms with Crippen LogP contribution in [-0.4, -0.2) is 68.2 Å². The molecule has 0 radical (unpaired) electrons. The van der Waals surface area contributed by atoms with E-state index in [0.717, 1.165) is 57.8 Å².